The quantitative estimate of drug-likeness (QED) is 0.846. The zero-order valence-electron chi connectivity index (χ0n) is 11.4. The maximum atomic E-state index is 12.0. The molecule has 1 saturated heterocycles. The first-order valence-electron chi connectivity index (χ1n) is 7.15. The van der Waals surface area contributed by atoms with Crippen LogP contribution in [0.5, 0.6) is 0 Å². The van der Waals surface area contributed by atoms with E-state index in [0.29, 0.717) is 18.5 Å². The molecule has 1 amide bonds. The fraction of sp³-hybridized carbons (Fsp3) is 0.769. The van der Waals surface area contributed by atoms with Gasteiger partial charge in [-0.3, -0.25) is 9.89 Å². The molecule has 0 aromatic carbocycles. The molecule has 1 aromatic heterocycles. The Morgan fingerprint density at radius 1 is 1.42 bits per heavy atom. The van der Waals surface area contributed by atoms with E-state index in [1.54, 1.807) is 0 Å². The van der Waals surface area contributed by atoms with Gasteiger partial charge in [0.05, 0.1) is 0 Å². The number of piperidine rings is 1. The Morgan fingerprint density at radius 3 is 3.00 bits per heavy atom. The van der Waals surface area contributed by atoms with Gasteiger partial charge in [0.15, 0.2) is 0 Å². The van der Waals surface area contributed by atoms with Crippen molar-refractivity contribution >= 4 is 5.91 Å². The highest BCUT2D eigenvalue weighted by atomic mass is 16.2. The van der Waals surface area contributed by atoms with Gasteiger partial charge in [-0.15, -0.1) is 5.10 Å². The summed E-state index contributed by atoms with van der Waals surface area (Å²) in [7, 11) is 2.12. The minimum Gasteiger partial charge on any atom is -0.348 e. The summed E-state index contributed by atoms with van der Waals surface area (Å²) in [6, 6.07) is 0.444. The Morgan fingerprint density at radius 2 is 2.26 bits per heavy atom. The van der Waals surface area contributed by atoms with Gasteiger partial charge >= 0.3 is 0 Å². The molecule has 3 rings (SSSR count). The van der Waals surface area contributed by atoms with Crippen molar-refractivity contribution in [2.24, 2.45) is 0 Å². The second-order valence-corrected chi connectivity index (χ2v) is 5.66. The van der Waals surface area contributed by atoms with Crippen molar-refractivity contribution in [1.82, 2.24) is 25.4 Å². The molecule has 1 atom stereocenters. The van der Waals surface area contributed by atoms with Gasteiger partial charge in [-0.25, -0.2) is 4.98 Å². The fourth-order valence-corrected chi connectivity index (χ4v) is 2.61. The monoisotopic (exact) mass is 263 g/mol. The Labute approximate surface area is 113 Å². The van der Waals surface area contributed by atoms with Crippen LogP contribution in [0.2, 0.25) is 0 Å². The first kappa shape index (κ1) is 12.6. The van der Waals surface area contributed by atoms with Crippen LogP contribution in [-0.4, -0.2) is 52.2 Å². The summed E-state index contributed by atoms with van der Waals surface area (Å²) in [5.41, 5.74) is 0. The zero-order valence-corrected chi connectivity index (χ0v) is 11.4. The second-order valence-electron chi connectivity index (χ2n) is 5.66. The van der Waals surface area contributed by atoms with Crippen molar-refractivity contribution in [1.29, 1.82) is 0 Å². The number of aromatic amines is 1. The van der Waals surface area contributed by atoms with Gasteiger partial charge in [-0.2, -0.15) is 0 Å². The average molecular weight is 263 g/mol. The van der Waals surface area contributed by atoms with Crippen LogP contribution in [0.3, 0.4) is 0 Å². The maximum absolute atomic E-state index is 12.0. The lowest BCUT2D eigenvalue weighted by Crippen LogP contribution is -2.44. The molecule has 2 aliphatic rings. The van der Waals surface area contributed by atoms with Gasteiger partial charge < -0.3 is 10.2 Å². The number of hydrogen-bond donors (Lipinski definition) is 2. The zero-order chi connectivity index (χ0) is 13.2. The van der Waals surface area contributed by atoms with E-state index in [0.717, 1.165) is 31.6 Å². The van der Waals surface area contributed by atoms with Crippen LogP contribution < -0.4 is 5.32 Å². The number of nitrogens with one attached hydrogen (secondary N) is 2. The number of rotatable bonds is 4. The number of nitrogens with zero attached hydrogens (tertiary/aromatic N) is 3. The number of likely N-dealkylation sites (tertiary alicyclic amines) is 1. The van der Waals surface area contributed by atoms with E-state index in [1.165, 1.54) is 12.8 Å². The number of aromatic nitrogens is 3. The van der Waals surface area contributed by atoms with E-state index in [4.69, 9.17) is 0 Å². The number of likely N-dealkylation sites (N-methyl/N-ethyl adjacent to an activating group) is 1. The van der Waals surface area contributed by atoms with Crippen LogP contribution in [0.15, 0.2) is 0 Å². The van der Waals surface area contributed by atoms with E-state index in [1.807, 2.05) is 0 Å². The predicted octanol–water partition coefficient (Wildman–Crippen LogP) is 0.896. The molecule has 1 saturated carbocycles. The molecule has 104 valence electrons. The number of H-pyrrole nitrogens is 1. The lowest BCUT2D eigenvalue weighted by atomic mass is 10.0. The van der Waals surface area contributed by atoms with Crippen LogP contribution in [0.25, 0.3) is 0 Å². The third-order valence-corrected chi connectivity index (χ3v) is 4.09. The molecule has 1 aromatic rings. The smallest absolute Gasteiger partial charge is 0.291 e. The van der Waals surface area contributed by atoms with E-state index >= 15 is 0 Å². The molecule has 1 aliphatic carbocycles. The standard InChI is InChI=1S/C13H21N5O/c1-18-7-3-2-4-10(18)8-14-13(19)12-15-11(16-17-12)9-5-6-9/h9-10H,2-8H2,1H3,(H,14,19)(H,15,16,17). The third kappa shape index (κ3) is 2.94. The Kier molecular flexibility index (Phi) is 3.50. The summed E-state index contributed by atoms with van der Waals surface area (Å²) >= 11 is 0. The van der Waals surface area contributed by atoms with Gasteiger partial charge in [-0.1, -0.05) is 6.42 Å². The number of carbonyl (C=O) groups excluding carboxylic acids is 1. The van der Waals surface area contributed by atoms with Gasteiger partial charge in [0.1, 0.15) is 5.82 Å². The first-order chi connectivity index (χ1) is 9.24. The number of amides is 1. The summed E-state index contributed by atoms with van der Waals surface area (Å²) in [5.74, 6) is 1.47. The minimum atomic E-state index is -0.165. The molecule has 2 fully saturated rings. The summed E-state index contributed by atoms with van der Waals surface area (Å²) in [6.45, 7) is 1.80. The fourth-order valence-electron chi connectivity index (χ4n) is 2.61. The van der Waals surface area contributed by atoms with Crippen molar-refractivity contribution in [3.05, 3.63) is 11.6 Å². The van der Waals surface area contributed by atoms with Crippen molar-refractivity contribution in [3.63, 3.8) is 0 Å². The minimum absolute atomic E-state index is 0.165. The third-order valence-electron chi connectivity index (χ3n) is 4.09. The average Bonchev–Trinajstić information content (AvgIpc) is 3.15. The summed E-state index contributed by atoms with van der Waals surface area (Å²) < 4.78 is 0. The summed E-state index contributed by atoms with van der Waals surface area (Å²) in [4.78, 5) is 18.6. The number of carbonyl (C=O) groups is 1. The lowest BCUT2D eigenvalue weighted by molar-refractivity contribution is 0.0918. The van der Waals surface area contributed by atoms with Crippen LogP contribution in [0.4, 0.5) is 0 Å². The van der Waals surface area contributed by atoms with Crippen LogP contribution in [0.1, 0.15) is 54.5 Å². The molecule has 1 unspecified atom stereocenters. The van der Waals surface area contributed by atoms with Gasteiger partial charge in [0, 0.05) is 18.5 Å². The Balaban J connectivity index is 1.52. The highest BCUT2D eigenvalue weighted by Crippen LogP contribution is 2.37. The molecular formula is C13H21N5O. The molecular weight excluding hydrogens is 242 g/mol. The Hall–Kier alpha value is -1.43. The van der Waals surface area contributed by atoms with E-state index < -0.39 is 0 Å². The predicted molar refractivity (Wildman–Crippen MR) is 71.0 cm³/mol. The van der Waals surface area contributed by atoms with Crippen LogP contribution in [0, 0.1) is 0 Å². The normalized spacial score (nSPS) is 24.4. The molecule has 2 heterocycles. The summed E-state index contributed by atoms with van der Waals surface area (Å²) in [6.07, 6.45) is 5.97. The van der Waals surface area contributed by atoms with Gasteiger partial charge in [0.2, 0.25) is 5.82 Å². The Bertz CT molecular complexity index is 454. The molecule has 6 nitrogen and oxygen atoms in total. The molecule has 2 N–H and O–H groups in total. The maximum Gasteiger partial charge on any atom is 0.291 e. The molecule has 19 heavy (non-hydrogen) atoms. The van der Waals surface area contributed by atoms with Crippen LogP contribution in [-0.2, 0) is 0 Å². The largest absolute Gasteiger partial charge is 0.348 e. The molecule has 0 radical (unpaired) electrons. The highest BCUT2D eigenvalue weighted by Gasteiger charge is 2.28. The van der Waals surface area contributed by atoms with Crippen molar-refractivity contribution < 1.29 is 4.79 Å². The van der Waals surface area contributed by atoms with Crippen molar-refractivity contribution in [2.75, 3.05) is 20.1 Å². The van der Waals surface area contributed by atoms with Crippen molar-refractivity contribution in [2.45, 2.75) is 44.1 Å². The summed E-state index contributed by atoms with van der Waals surface area (Å²) in [5, 5.41) is 9.81. The molecule has 1 aliphatic heterocycles. The van der Waals surface area contributed by atoms with E-state index in [9.17, 15) is 4.79 Å². The van der Waals surface area contributed by atoms with Gasteiger partial charge in [-0.05, 0) is 39.3 Å². The first-order valence-corrected chi connectivity index (χ1v) is 7.15. The number of hydrogen-bond acceptors (Lipinski definition) is 4. The second kappa shape index (κ2) is 5.28. The van der Waals surface area contributed by atoms with Crippen molar-refractivity contribution in [3.8, 4) is 0 Å². The van der Waals surface area contributed by atoms with E-state index in [-0.39, 0.29) is 11.7 Å². The topological polar surface area (TPSA) is 73.9 Å². The van der Waals surface area contributed by atoms with Gasteiger partial charge in [0.25, 0.3) is 5.91 Å². The van der Waals surface area contributed by atoms with Crippen LogP contribution >= 0.6 is 0 Å². The molecule has 0 spiro atoms. The van der Waals surface area contributed by atoms with E-state index in [2.05, 4.69) is 32.4 Å². The molecule has 6 heteroatoms. The SMILES string of the molecule is CN1CCCCC1CNC(=O)c1n[nH]c(C2CC2)n1. The highest BCUT2D eigenvalue weighted by molar-refractivity contribution is 5.90. The molecule has 0 bridgehead atoms. The lowest BCUT2D eigenvalue weighted by Gasteiger charge is -2.32.